The van der Waals surface area contributed by atoms with E-state index in [1.165, 1.54) is 25.3 Å². The molecule has 0 atom stereocenters. The van der Waals surface area contributed by atoms with E-state index in [4.69, 9.17) is 9.47 Å². The molecule has 2 aromatic carbocycles. The molecule has 0 aliphatic carbocycles. The van der Waals surface area contributed by atoms with Crippen molar-refractivity contribution in [2.24, 2.45) is 0 Å². The van der Waals surface area contributed by atoms with Crippen LogP contribution in [-0.4, -0.2) is 12.0 Å². The minimum absolute atomic E-state index is 0.0381. The van der Waals surface area contributed by atoms with Gasteiger partial charge in [-0.15, -0.1) is 0 Å². The van der Waals surface area contributed by atoms with Crippen LogP contribution in [0.15, 0.2) is 42.5 Å². The fraction of sp³-hybridized carbons (Fsp3) is 0.143. The van der Waals surface area contributed by atoms with Gasteiger partial charge in [-0.1, -0.05) is 28.1 Å². The molecule has 2 rings (SSSR count). The summed E-state index contributed by atoms with van der Waals surface area (Å²) in [6.07, 6.45) is 0. The molecule has 0 spiro atoms. The molecule has 104 valence electrons. The van der Waals surface area contributed by atoms with Crippen LogP contribution in [0.25, 0.3) is 0 Å². The zero-order valence-corrected chi connectivity index (χ0v) is 12.3. The van der Waals surface area contributed by atoms with Gasteiger partial charge in [-0.2, -0.15) is 0 Å². The number of alkyl halides is 1. The van der Waals surface area contributed by atoms with Crippen LogP contribution in [-0.2, 0) is 5.33 Å². The molecule has 0 saturated heterocycles. The zero-order chi connectivity index (χ0) is 14.5. The van der Waals surface area contributed by atoms with Gasteiger partial charge in [-0.25, -0.2) is 0 Å². The molecule has 0 unspecified atom stereocenters. The van der Waals surface area contributed by atoms with Crippen molar-refractivity contribution in [3.8, 4) is 17.2 Å². The van der Waals surface area contributed by atoms with Crippen LogP contribution in [0.2, 0.25) is 0 Å². The first-order chi connectivity index (χ1) is 9.63. The SMILES string of the molecule is COc1cc([N+](=O)[O-])ccc1Oc1ccc(CBr)cc1. The van der Waals surface area contributed by atoms with E-state index in [9.17, 15) is 10.1 Å². The van der Waals surface area contributed by atoms with E-state index < -0.39 is 4.92 Å². The summed E-state index contributed by atoms with van der Waals surface area (Å²) < 4.78 is 10.8. The predicted octanol–water partition coefficient (Wildman–Crippen LogP) is 4.29. The fourth-order valence-corrected chi connectivity index (χ4v) is 2.00. The normalized spacial score (nSPS) is 10.1. The average Bonchev–Trinajstić information content (AvgIpc) is 2.48. The van der Waals surface area contributed by atoms with Crippen molar-refractivity contribution in [3.63, 3.8) is 0 Å². The van der Waals surface area contributed by atoms with E-state index >= 15 is 0 Å². The van der Waals surface area contributed by atoms with Crippen molar-refractivity contribution < 1.29 is 14.4 Å². The second kappa shape index (κ2) is 6.38. The first kappa shape index (κ1) is 14.3. The largest absolute Gasteiger partial charge is 0.493 e. The highest BCUT2D eigenvalue weighted by Crippen LogP contribution is 2.34. The molecule has 0 aliphatic heterocycles. The number of non-ortho nitro benzene ring substituents is 1. The maximum atomic E-state index is 10.7. The number of benzene rings is 2. The van der Waals surface area contributed by atoms with Crippen molar-refractivity contribution in [3.05, 3.63) is 58.1 Å². The highest BCUT2D eigenvalue weighted by Gasteiger charge is 2.12. The number of hydrogen-bond acceptors (Lipinski definition) is 4. The lowest BCUT2D eigenvalue weighted by molar-refractivity contribution is -0.384. The predicted molar refractivity (Wildman–Crippen MR) is 78.8 cm³/mol. The lowest BCUT2D eigenvalue weighted by atomic mass is 10.2. The Balaban J connectivity index is 2.25. The third-order valence-electron chi connectivity index (χ3n) is 2.66. The standard InChI is InChI=1S/C14H12BrNO4/c1-19-14-8-11(16(17)18)4-7-13(14)20-12-5-2-10(9-15)3-6-12/h2-8H,9H2,1H3. The Morgan fingerprint density at radius 2 is 1.85 bits per heavy atom. The van der Waals surface area contributed by atoms with Gasteiger partial charge in [0.1, 0.15) is 5.75 Å². The van der Waals surface area contributed by atoms with Gasteiger partial charge in [0.15, 0.2) is 11.5 Å². The quantitative estimate of drug-likeness (QED) is 0.463. The lowest BCUT2D eigenvalue weighted by Crippen LogP contribution is -1.93. The van der Waals surface area contributed by atoms with E-state index in [0.717, 1.165) is 10.9 Å². The molecule has 0 N–H and O–H groups in total. The summed E-state index contributed by atoms with van der Waals surface area (Å²) in [7, 11) is 1.44. The topological polar surface area (TPSA) is 61.6 Å². The number of methoxy groups -OCH3 is 1. The lowest BCUT2D eigenvalue weighted by Gasteiger charge is -2.10. The average molecular weight is 338 g/mol. The number of rotatable bonds is 5. The Hall–Kier alpha value is -2.08. The van der Waals surface area contributed by atoms with E-state index in [-0.39, 0.29) is 5.69 Å². The second-order valence-corrected chi connectivity index (χ2v) is 4.53. The minimum atomic E-state index is -0.475. The Morgan fingerprint density at radius 1 is 1.15 bits per heavy atom. The molecule has 0 aliphatic rings. The molecule has 5 nitrogen and oxygen atoms in total. The molecule has 0 aromatic heterocycles. The van der Waals surface area contributed by atoms with E-state index in [2.05, 4.69) is 15.9 Å². The molecule has 0 bridgehead atoms. The Labute approximate surface area is 124 Å². The monoisotopic (exact) mass is 337 g/mol. The first-order valence-electron chi connectivity index (χ1n) is 5.79. The van der Waals surface area contributed by atoms with Crippen LogP contribution in [0, 0.1) is 10.1 Å². The van der Waals surface area contributed by atoms with Gasteiger partial charge < -0.3 is 9.47 Å². The van der Waals surface area contributed by atoms with Gasteiger partial charge in [-0.3, -0.25) is 10.1 Å². The summed E-state index contributed by atoms with van der Waals surface area (Å²) in [5.41, 5.74) is 1.09. The maximum Gasteiger partial charge on any atom is 0.273 e. The number of hydrogen-bond donors (Lipinski definition) is 0. The van der Waals surface area contributed by atoms with Gasteiger partial charge in [0, 0.05) is 11.4 Å². The summed E-state index contributed by atoms with van der Waals surface area (Å²) in [5, 5.41) is 11.5. The van der Waals surface area contributed by atoms with Gasteiger partial charge in [0.2, 0.25) is 0 Å². The molecule has 0 heterocycles. The minimum Gasteiger partial charge on any atom is -0.493 e. The Bertz CT molecular complexity index is 613. The van der Waals surface area contributed by atoms with Crippen molar-refractivity contribution in [2.45, 2.75) is 5.33 Å². The molecule has 0 amide bonds. The number of nitro groups is 1. The summed E-state index contributed by atoms with van der Waals surface area (Å²) in [4.78, 5) is 10.2. The number of nitrogens with zero attached hydrogens (tertiary/aromatic N) is 1. The Kier molecular flexibility index (Phi) is 4.57. The highest BCUT2D eigenvalue weighted by atomic mass is 79.9. The zero-order valence-electron chi connectivity index (χ0n) is 10.7. The van der Waals surface area contributed by atoms with Gasteiger partial charge in [0.05, 0.1) is 18.1 Å². The maximum absolute atomic E-state index is 10.7. The number of ether oxygens (including phenoxy) is 2. The second-order valence-electron chi connectivity index (χ2n) is 3.97. The van der Waals surface area contributed by atoms with Crippen molar-refractivity contribution in [1.29, 1.82) is 0 Å². The smallest absolute Gasteiger partial charge is 0.273 e. The number of nitro benzene ring substituents is 1. The molecular formula is C14H12BrNO4. The van der Waals surface area contributed by atoms with Crippen LogP contribution in [0.1, 0.15) is 5.56 Å². The van der Waals surface area contributed by atoms with Crippen LogP contribution in [0.3, 0.4) is 0 Å². The fourth-order valence-electron chi connectivity index (χ4n) is 1.63. The third-order valence-corrected chi connectivity index (χ3v) is 3.31. The van der Waals surface area contributed by atoms with Crippen LogP contribution in [0.4, 0.5) is 5.69 Å². The summed E-state index contributed by atoms with van der Waals surface area (Å²) in [5.74, 6) is 1.40. The van der Waals surface area contributed by atoms with E-state index in [0.29, 0.717) is 17.2 Å². The molecule has 0 fully saturated rings. The molecule has 0 radical (unpaired) electrons. The van der Waals surface area contributed by atoms with Crippen molar-refractivity contribution in [1.82, 2.24) is 0 Å². The molecule has 0 saturated carbocycles. The molecule has 6 heteroatoms. The summed E-state index contributed by atoms with van der Waals surface area (Å²) >= 11 is 3.37. The van der Waals surface area contributed by atoms with E-state index in [1.807, 2.05) is 24.3 Å². The van der Waals surface area contributed by atoms with E-state index in [1.54, 1.807) is 0 Å². The third kappa shape index (κ3) is 3.27. The molecular weight excluding hydrogens is 326 g/mol. The van der Waals surface area contributed by atoms with Gasteiger partial charge >= 0.3 is 0 Å². The van der Waals surface area contributed by atoms with Crippen molar-refractivity contribution >= 4 is 21.6 Å². The molecule has 2 aromatic rings. The van der Waals surface area contributed by atoms with Crippen LogP contribution >= 0.6 is 15.9 Å². The van der Waals surface area contributed by atoms with Crippen LogP contribution < -0.4 is 9.47 Å². The highest BCUT2D eigenvalue weighted by molar-refractivity contribution is 9.08. The summed E-state index contributed by atoms with van der Waals surface area (Å²) in [6.45, 7) is 0. The Morgan fingerprint density at radius 3 is 2.40 bits per heavy atom. The van der Waals surface area contributed by atoms with Crippen LogP contribution in [0.5, 0.6) is 17.2 Å². The number of halogens is 1. The van der Waals surface area contributed by atoms with Gasteiger partial charge in [0.25, 0.3) is 5.69 Å². The first-order valence-corrected chi connectivity index (χ1v) is 6.91. The summed E-state index contributed by atoms with van der Waals surface area (Å²) in [6, 6.07) is 11.8. The van der Waals surface area contributed by atoms with Crippen molar-refractivity contribution in [2.75, 3.05) is 7.11 Å². The molecule has 20 heavy (non-hydrogen) atoms. The van der Waals surface area contributed by atoms with Gasteiger partial charge in [-0.05, 0) is 23.8 Å².